The van der Waals surface area contributed by atoms with E-state index in [2.05, 4.69) is 25.1 Å². The predicted octanol–water partition coefficient (Wildman–Crippen LogP) is 3.36. The molecule has 2 heteroatoms. The molecule has 0 heterocycles. The van der Waals surface area contributed by atoms with Gasteiger partial charge in [0.1, 0.15) is 5.75 Å². The maximum Gasteiger partial charge on any atom is 0.122 e. The van der Waals surface area contributed by atoms with E-state index in [4.69, 9.17) is 9.47 Å². The van der Waals surface area contributed by atoms with Crippen molar-refractivity contribution in [1.29, 1.82) is 0 Å². The van der Waals surface area contributed by atoms with Crippen molar-refractivity contribution in [2.24, 2.45) is 0 Å². The van der Waals surface area contributed by atoms with Crippen LogP contribution in [0.1, 0.15) is 30.4 Å². The Labute approximate surface area is 98.6 Å². The van der Waals surface area contributed by atoms with Crippen LogP contribution in [-0.2, 0) is 11.2 Å². The van der Waals surface area contributed by atoms with Crippen LogP contribution in [0.2, 0.25) is 0 Å². The molecule has 0 aromatic heterocycles. The monoisotopic (exact) mass is 222 g/mol. The number of rotatable bonds is 7. The largest absolute Gasteiger partial charge is 0.496 e. The third-order valence-electron chi connectivity index (χ3n) is 2.73. The Morgan fingerprint density at radius 1 is 1.06 bits per heavy atom. The second kappa shape index (κ2) is 7.29. The van der Waals surface area contributed by atoms with Crippen molar-refractivity contribution >= 4 is 0 Å². The minimum absolute atomic E-state index is 0.866. The Morgan fingerprint density at radius 2 is 1.88 bits per heavy atom. The average molecular weight is 222 g/mol. The van der Waals surface area contributed by atoms with Gasteiger partial charge in [-0.15, -0.1) is 0 Å². The fraction of sp³-hybridized carbons (Fsp3) is 0.571. The van der Waals surface area contributed by atoms with Crippen molar-refractivity contribution in [1.82, 2.24) is 0 Å². The van der Waals surface area contributed by atoms with Gasteiger partial charge in [-0.1, -0.05) is 24.1 Å². The number of methoxy groups -OCH3 is 2. The van der Waals surface area contributed by atoms with E-state index in [1.165, 1.54) is 24.0 Å². The fourth-order valence-electron chi connectivity index (χ4n) is 1.84. The lowest BCUT2D eigenvalue weighted by molar-refractivity contribution is 0.192. The van der Waals surface area contributed by atoms with Crippen LogP contribution < -0.4 is 4.74 Å². The van der Waals surface area contributed by atoms with Gasteiger partial charge in [-0.3, -0.25) is 0 Å². The second-order valence-corrected chi connectivity index (χ2v) is 4.12. The summed E-state index contributed by atoms with van der Waals surface area (Å²) in [5.74, 6) is 1.01. The van der Waals surface area contributed by atoms with Gasteiger partial charge >= 0.3 is 0 Å². The molecule has 0 aliphatic heterocycles. The average Bonchev–Trinajstić information content (AvgIpc) is 2.29. The first-order valence-electron chi connectivity index (χ1n) is 5.90. The number of hydrogen-bond donors (Lipinski definition) is 0. The molecule has 2 nitrogen and oxygen atoms in total. The first-order chi connectivity index (χ1) is 7.77. The SMILES string of the molecule is COCCCCCc1cc(C)ccc1OC. The van der Waals surface area contributed by atoms with Crippen LogP contribution in [0.25, 0.3) is 0 Å². The summed E-state index contributed by atoms with van der Waals surface area (Å²) in [4.78, 5) is 0. The molecule has 0 aliphatic rings. The quantitative estimate of drug-likeness (QED) is 0.659. The molecule has 0 unspecified atom stereocenters. The zero-order valence-corrected chi connectivity index (χ0v) is 10.6. The van der Waals surface area contributed by atoms with E-state index in [1.807, 2.05) is 0 Å². The van der Waals surface area contributed by atoms with Crippen molar-refractivity contribution < 1.29 is 9.47 Å². The van der Waals surface area contributed by atoms with Crippen molar-refractivity contribution in [3.05, 3.63) is 29.3 Å². The third-order valence-corrected chi connectivity index (χ3v) is 2.73. The number of benzene rings is 1. The lowest BCUT2D eigenvalue weighted by atomic mass is 10.0. The number of aryl methyl sites for hydroxylation is 2. The molecule has 0 bridgehead atoms. The van der Waals surface area contributed by atoms with Crippen LogP contribution >= 0.6 is 0 Å². The van der Waals surface area contributed by atoms with Crippen LogP contribution in [-0.4, -0.2) is 20.8 Å². The van der Waals surface area contributed by atoms with Gasteiger partial charge in [0, 0.05) is 13.7 Å². The Morgan fingerprint density at radius 3 is 2.56 bits per heavy atom. The van der Waals surface area contributed by atoms with Gasteiger partial charge in [0.25, 0.3) is 0 Å². The molecule has 16 heavy (non-hydrogen) atoms. The molecule has 0 aliphatic carbocycles. The van der Waals surface area contributed by atoms with E-state index < -0.39 is 0 Å². The molecule has 90 valence electrons. The van der Waals surface area contributed by atoms with Crippen LogP contribution in [0.4, 0.5) is 0 Å². The molecule has 0 saturated heterocycles. The maximum absolute atomic E-state index is 5.35. The number of ether oxygens (including phenoxy) is 2. The van der Waals surface area contributed by atoms with Crippen LogP contribution in [0, 0.1) is 6.92 Å². The van der Waals surface area contributed by atoms with Crippen molar-refractivity contribution in [3.63, 3.8) is 0 Å². The topological polar surface area (TPSA) is 18.5 Å². The first kappa shape index (κ1) is 13.0. The van der Waals surface area contributed by atoms with Gasteiger partial charge in [0.15, 0.2) is 0 Å². The fourth-order valence-corrected chi connectivity index (χ4v) is 1.84. The van der Waals surface area contributed by atoms with Crippen LogP contribution in [0.15, 0.2) is 18.2 Å². The van der Waals surface area contributed by atoms with E-state index in [9.17, 15) is 0 Å². The lowest BCUT2D eigenvalue weighted by Crippen LogP contribution is -1.94. The molecule has 0 radical (unpaired) electrons. The van der Waals surface area contributed by atoms with Gasteiger partial charge in [0.05, 0.1) is 7.11 Å². The van der Waals surface area contributed by atoms with E-state index in [-0.39, 0.29) is 0 Å². The normalized spacial score (nSPS) is 10.4. The molecular formula is C14H22O2. The van der Waals surface area contributed by atoms with Gasteiger partial charge in [0.2, 0.25) is 0 Å². The minimum atomic E-state index is 0.866. The standard InChI is InChI=1S/C14H22O2/c1-12-8-9-14(16-3)13(11-12)7-5-4-6-10-15-2/h8-9,11H,4-7,10H2,1-3H3. The Bertz CT molecular complexity index is 308. The number of unbranched alkanes of at least 4 members (excludes halogenated alkanes) is 2. The summed E-state index contributed by atoms with van der Waals surface area (Å²) in [5.41, 5.74) is 2.62. The van der Waals surface area contributed by atoms with Gasteiger partial charge in [-0.2, -0.15) is 0 Å². The zero-order chi connectivity index (χ0) is 11.8. The maximum atomic E-state index is 5.35. The molecule has 1 aromatic carbocycles. The highest BCUT2D eigenvalue weighted by Gasteiger charge is 2.02. The molecular weight excluding hydrogens is 200 g/mol. The molecule has 1 aromatic rings. The second-order valence-electron chi connectivity index (χ2n) is 4.12. The number of hydrogen-bond acceptors (Lipinski definition) is 2. The first-order valence-corrected chi connectivity index (χ1v) is 5.90. The lowest BCUT2D eigenvalue weighted by Gasteiger charge is -2.09. The summed E-state index contributed by atoms with van der Waals surface area (Å²) >= 11 is 0. The smallest absolute Gasteiger partial charge is 0.122 e. The van der Waals surface area contributed by atoms with Crippen LogP contribution in [0.3, 0.4) is 0 Å². The highest BCUT2D eigenvalue weighted by molar-refractivity contribution is 5.36. The minimum Gasteiger partial charge on any atom is -0.496 e. The molecule has 0 spiro atoms. The highest BCUT2D eigenvalue weighted by atomic mass is 16.5. The van der Waals surface area contributed by atoms with Crippen molar-refractivity contribution in [3.8, 4) is 5.75 Å². The molecule has 1 rings (SSSR count). The Balaban J connectivity index is 2.42. The summed E-state index contributed by atoms with van der Waals surface area (Å²) in [6.45, 7) is 2.98. The molecule has 0 amide bonds. The van der Waals surface area contributed by atoms with Gasteiger partial charge < -0.3 is 9.47 Å². The summed E-state index contributed by atoms with van der Waals surface area (Å²) in [5, 5.41) is 0. The van der Waals surface area contributed by atoms with Crippen molar-refractivity contribution in [2.75, 3.05) is 20.8 Å². The van der Waals surface area contributed by atoms with Crippen LogP contribution in [0.5, 0.6) is 5.75 Å². The van der Waals surface area contributed by atoms with E-state index in [0.29, 0.717) is 0 Å². The van der Waals surface area contributed by atoms with Gasteiger partial charge in [-0.25, -0.2) is 0 Å². The summed E-state index contributed by atoms with van der Waals surface area (Å²) < 4.78 is 10.4. The predicted molar refractivity (Wildman–Crippen MR) is 67.2 cm³/mol. The molecule has 0 saturated carbocycles. The Kier molecular flexibility index (Phi) is 5.94. The Hall–Kier alpha value is -1.02. The highest BCUT2D eigenvalue weighted by Crippen LogP contribution is 2.21. The zero-order valence-electron chi connectivity index (χ0n) is 10.6. The molecule has 0 N–H and O–H groups in total. The third kappa shape index (κ3) is 4.23. The summed E-state index contributed by atoms with van der Waals surface area (Å²) in [6.07, 6.45) is 4.65. The van der Waals surface area contributed by atoms with Gasteiger partial charge in [-0.05, 0) is 37.8 Å². The van der Waals surface area contributed by atoms with E-state index >= 15 is 0 Å². The van der Waals surface area contributed by atoms with E-state index in [0.717, 1.165) is 25.2 Å². The van der Waals surface area contributed by atoms with E-state index in [1.54, 1.807) is 14.2 Å². The van der Waals surface area contributed by atoms with Crippen molar-refractivity contribution in [2.45, 2.75) is 32.6 Å². The summed E-state index contributed by atoms with van der Waals surface area (Å²) in [6, 6.07) is 6.36. The molecule has 0 fully saturated rings. The molecule has 0 atom stereocenters. The summed E-state index contributed by atoms with van der Waals surface area (Å²) in [7, 11) is 3.49.